The molecule has 0 bridgehead atoms. The lowest BCUT2D eigenvalue weighted by Gasteiger charge is -2.42. The van der Waals surface area contributed by atoms with Crippen LogP contribution in [0.25, 0.3) is 23.0 Å². The van der Waals surface area contributed by atoms with Crippen molar-refractivity contribution in [2.75, 3.05) is 47.3 Å². The van der Waals surface area contributed by atoms with E-state index >= 15 is 0 Å². The van der Waals surface area contributed by atoms with Gasteiger partial charge in [-0.05, 0) is 56.1 Å². The van der Waals surface area contributed by atoms with Gasteiger partial charge in [0.1, 0.15) is 0 Å². The van der Waals surface area contributed by atoms with Crippen molar-refractivity contribution < 1.29 is 14.1 Å². The molecule has 2 aromatic heterocycles. The van der Waals surface area contributed by atoms with Crippen molar-refractivity contribution in [3.8, 4) is 23.0 Å². The molecule has 0 spiro atoms. The fourth-order valence-electron chi connectivity index (χ4n) is 5.98. The van der Waals surface area contributed by atoms with E-state index in [4.69, 9.17) is 9.62 Å². The van der Waals surface area contributed by atoms with Crippen molar-refractivity contribution in [3.05, 3.63) is 77.0 Å². The number of amides is 2. The first kappa shape index (κ1) is 28.8. The maximum Gasteiger partial charge on any atom is 0.278 e. The minimum absolute atomic E-state index is 0.0733. The zero-order valence-electron chi connectivity index (χ0n) is 25.4. The summed E-state index contributed by atoms with van der Waals surface area (Å²) in [5.41, 5.74) is 5.22. The summed E-state index contributed by atoms with van der Waals surface area (Å²) in [6, 6.07) is 17.9. The summed E-state index contributed by atoms with van der Waals surface area (Å²) in [6.07, 6.45) is 3.72. The molecule has 1 saturated heterocycles. The highest BCUT2D eigenvalue weighted by atomic mass is 16.5. The Labute approximate surface area is 252 Å². The zero-order chi connectivity index (χ0) is 30.1. The monoisotopic (exact) mass is 581 g/mol. The fourth-order valence-corrected chi connectivity index (χ4v) is 5.98. The van der Waals surface area contributed by atoms with Crippen LogP contribution in [0.2, 0.25) is 0 Å². The van der Waals surface area contributed by atoms with Gasteiger partial charge in [-0.3, -0.25) is 14.3 Å². The first-order valence-electron chi connectivity index (χ1n) is 15.0. The molecule has 224 valence electrons. The van der Waals surface area contributed by atoms with Crippen LogP contribution in [0.1, 0.15) is 52.9 Å². The Bertz CT molecular complexity index is 1610. The van der Waals surface area contributed by atoms with Gasteiger partial charge in [-0.15, -0.1) is 0 Å². The number of aryl methyl sites for hydroxylation is 1. The van der Waals surface area contributed by atoms with Crippen molar-refractivity contribution in [2.24, 2.45) is 0 Å². The van der Waals surface area contributed by atoms with Gasteiger partial charge in [0, 0.05) is 68.9 Å². The Morgan fingerprint density at radius 3 is 2.42 bits per heavy atom. The summed E-state index contributed by atoms with van der Waals surface area (Å²) >= 11 is 0. The van der Waals surface area contributed by atoms with E-state index in [1.165, 1.54) is 5.56 Å². The molecule has 1 aliphatic carbocycles. The van der Waals surface area contributed by atoms with Crippen molar-refractivity contribution in [2.45, 2.75) is 44.6 Å². The van der Waals surface area contributed by atoms with Crippen LogP contribution in [0, 0.1) is 6.92 Å². The number of benzene rings is 2. The largest absolute Gasteiger partial charge is 0.349 e. The molecule has 6 rings (SSSR count). The van der Waals surface area contributed by atoms with E-state index in [1.54, 1.807) is 4.90 Å². The van der Waals surface area contributed by atoms with Crippen LogP contribution in [-0.2, 0) is 16.8 Å². The smallest absolute Gasteiger partial charge is 0.278 e. The molecular formula is C33H39N7O3. The fraction of sp³-hybridized carbons (Fsp3) is 0.424. The van der Waals surface area contributed by atoms with Crippen molar-refractivity contribution in [1.29, 1.82) is 0 Å². The molecule has 2 aliphatic rings. The summed E-state index contributed by atoms with van der Waals surface area (Å²) in [4.78, 5) is 36.0. The molecule has 2 fully saturated rings. The maximum atomic E-state index is 13.1. The van der Waals surface area contributed by atoms with Crippen molar-refractivity contribution >= 4 is 11.8 Å². The lowest BCUT2D eigenvalue weighted by molar-refractivity contribution is -0.130. The van der Waals surface area contributed by atoms with Gasteiger partial charge >= 0.3 is 0 Å². The first-order valence-corrected chi connectivity index (χ1v) is 15.0. The molecule has 10 nitrogen and oxygen atoms in total. The molecule has 2 amide bonds. The first-order chi connectivity index (χ1) is 20.7. The second-order valence-corrected chi connectivity index (χ2v) is 12.2. The second kappa shape index (κ2) is 11.8. The summed E-state index contributed by atoms with van der Waals surface area (Å²) in [5, 5.41) is 8.97. The number of hydrogen-bond donors (Lipinski definition) is 0. The highest BCUT2D eigenvalue weighted by Gasteiger charge is 2.40. The average Bonchev–Trinajstić information content (AvgIpc) is 3.62. The lowest BCUT2D eigenvalue weighted by Crippen LogP contribution is -2.47. The Morgan fingerprint density at radius 1 is 1.00 bits per heavy atom. The quantitative estimate of drug-likeness (QED) is 0.307. The molecule has 0 unspecified atom stereocenters. The minimum atomic E-state index is -0.0793. The van der Waals surface area contributed by atoms with Gasteiger partial charge in [-0.25, -0.2) is 0 Å². The van der Waals surface area contributed by atoms with E-state index in [9.17, 15) is 9.59 Å². The molecule has 1 saturated carbocycles. The number of likely N-dealkylation sites (N-methyl/N-ethyl adjacent to an activating group) is 1. The second-order valence-electron chi connectivity index (χ2n) is 12.2. The lowest BCUT2D eigenvalue weighted by atomic mass is 9.62. The van der Waals surface area contributed by atoms with Crippen LogP contribution < -0.4 is 0 Å². The highest BCUT2D eigenvalue weighted by Crippen LogP contribution is 2.47. The van der Waals surface area contributed by atoms with Crippen LogP contribution in [-0.4, -0.2) is 93.8 Å². The third kappa shape index (κ3) is 5.97. The number of nitrogens with zero attached hydrogens (tertiary/aromatic N) is 7. The van der Waals surface area contributed by atoms with Crippen LogP contribution in [0.15, 0.2) is 59.1 Å². The van der Waals surface area contributed by atoms with Gasteiger partial charge in [0.25, 0.3) is 11.8 Å². The predicted molar refractivity (Wildman–Crippen MR) is 163 cm³/mol. The molecule has 0 radical (unpaired) electrons. The molecule has 0 N–H and O–H groups in total. The number of rotatable bonds is 8. The third-order valence-corrected chi connectivity index (χ3v) is 8.98. The van der Waals surface area contributed by atoms with E-state index in [0.717, 1.165) is 62.3 Å². The summed E-state index contributed by atoms with van der Waals surface area (Å²) in [6.45, 7) is 5.79. The SMILES string of the molecule is Cc1cc(-c2nc(-c3ccc(C4(CC(=O)N(C)C)CCC4)cc3)no2)nn1Cc1cccc(C(=O)N2CCN(C)CC2)c1. The van der Waals surface area contributed by atoms with Crippen LogP contribution in [0.4, 0.5) is 0 Å². The predicted octanol–water partition coefficient (Wildman–Crippen LogP) is 4.24. The van der Waals surface area contributed by atoms with Gasteiger partial charge in [0.15, 0.2) is 5.69 Å². The van der Waals surface area contributed by atoms with E-state index in [1.807, 2.05) is 73.1 Å². The van der Waals surface area contributed by atoms with Gasteiger partial charge in [0.2, 0.25) is 11.7 Å². The number of hydrogen-bond acceptors (Lipinski definition) is 7. The maximum absolute atomic E-state index is 13.1. The Morgan fingerprint density at radius 2 is 1.74 bits per heavy atom. The minimum Gasteiger partial charge on any atom is -0.349 e. The van der Waals surface area contributed by atoms with Gasteiger partial charge in [-0.2, -0.15) is 10.1 Å². The number of piperazine rings is 1. The molecule has 43 heavy (non-hydrogen) atoms. The van der Waals surface area contributed by atoms with Crippen LogP contribution >= 0.6 is 0 Å². The standard InChI is InChI=1S/C33H39N7O3/c1-23-19-28(35-40(23)22-24-7-5-8-26(20-24)32(42)39-17-15-38(4)16-18-39)31-34-30(36-43-31)25-9-11-27(12-10-25)33(13-6-14-33)21-29(41)37(2)3/h5,7-12,19-20H,6,13-18,21-22H2,1-4H3. The van der Waals surface area contributed by atoms with Crippen LogP contribution in [0.3, 0.4) is 0 Å². The molecule has 1 aliphatic heterocycles. The highest BCUT2D eigenvalue weighted by molar-refractivity contribution is 5.94. The Kier molecular flexibility index (Phi) is 7.87. The number of aromatic nitrogens is 4. The van der Waals surface area contributed by atoms with Gasteiger partial charge < -0.3 is 19.2 Å². The summed E-state index contributed by atoms with van der Waals surface area (Å²) in [5.74, 6) is 1.08. The number of carbonyl (C=O) groups excluding carboxylic acids is 2. The topological polar surface area (TPSA) is 101 Å². The van der Waals surface area contributed by atoms with E-state index in [2.05, 4.69) is 34.2 Å². The zero-order valence-corrected chi connectivity index (χ0v) is 25.4. The van der Waals surface area contributed by atoms with Crippen LogP contribution in [0.5, 0.6) is 0 Å². The molecule has 3 heterocycles. The average molecular weight is 582 g/mol. The summed E-state index contributed by atoms with van der Waals surface area (Å²) in [7, 11) is 5.71. The summed E-state index contributed by atoms with van der Waals surface area (Å²) < 4.78 is 7.51. The van der Waals surface area contributed by atoms with Gasteiger partial charge in [0.05, 0.1) is 6.54 Å². The molecule has 0 atom stereocenters. The Balaban J connectivity index is 1.14. The van der Waals surface area contributed by atoms with Gasteiger partial charge in [-0.1, -0.05) is 48.0 Å². The van der Waals surface area contributed by atoms with E-state index in [0.29, 0.717) is 35.9 Å². The van der Waals surface area contributed by atoms with E-state index in [-0.39, 0.29) is 17.2 Å². The van der Waals surface area contributed by atoms with Crippen molar-refractivity contribution in [1.82, 2.24) is 34.6 Å². The molecule has 10 heteroatoms. The normalized spacial score (nSPS) is 16.6. The third-order valence-electron chi connectivity index (χ3n) is 8.98. The number of carbonyl (C=O) groups is 2. The molecule has 4 aromatic rings. The molecular weight excluding hydrogens is 542 g/mol. The van der Waals surface area contributed by atoms with E-state index < -0.39 is 0 Å². The molecule has 2 aromatic carbocycles. The Hall–Kier alpha value is -4.31. The van der Waals surface area contributed by atoms with Crippen molar-refractivity contribution in [3.63, 3.8) is 0 Å².